The molecule has 27 heavy (non-hydrogen) atoms. The number of nitrogens with zero attached hydrogens (tertiary/aromatic N) is 1. The molecular weight excluding hydrogens is 384 g/mol. The van der Waals surface area contributed by atoms with Gasteiger partial charge < -0.3 is 5.32 Å². The van der Waals surface area contributed by atoms with E-state index in [0.717, 1.165) is 12.5 Å². The van der Waals surface area contributed by atoms with Crippen LogP contribution in [0, 0.1) is 5.92 Å². The molecule has 0 heterocycles. The summed E-state index contributed by atoms with van der Waals surface area (Å²) in [5.74, 6) is 0.300. The van der Waals surface area contributed by atoms with Gasteiger partial charge in [-0.3, -0.25) is 4.90 Å². The zero-order valence-corrected chi connectivity index (χ0v) is 18.1. The Kier molecular flexibility index (Phi) is 8.25. The van der Waals surface area contributed by atoms with E-state index in [-0.39, 0.29) is 15.8 Å². The maximum atomic E-state index is 12.2. The Labute approximate surface area is 163 Å². The second-order valence-electron chi connectivity index (χ2n) is 6.93. The van der Waals surface area contributed by atoms with Crippen LogP contribution in [0.5, 0.6) is 0 Å². The lowest BCUT2D eigenvalue weighted by Gasteiger charge is -2.33. The van der Waals surface area contributed by atoms with Gasteiger partial charge in [0, 0.05) is 38.2 Å². The van der Waals surface area contributed by atoms with Crippen molar-refractivity contribution in [2.24, 2.45) is 5.92 Å². The molecule has 0 radical (unpaired) electrons. The van der Waals surface area contributed by atoms with Crippen LogP contribution in [0.4, 0.5) is 5.69 Å². The maximum Gasteiger partial charge on any atom is 0.177 e. The summed E-state index contributed by atoms with van der Waals surface area (Å²) in [6, 6.07) is 4.25. The van der Waals surface area contributed by atoms with Crippen molar-refractivity contribution in [1.82, 2.24) is 4.90 Å². The minimum Gasteiger partial charge on any atom is -0.382 e. The highest BCUT2D eigenvalue weighted by molar-refractivity contribution is 7.91. The van der Waals surface area contributed by atoms with Gasteiger partial charge in [0.15, 0.2) is 19.7 Å². The summed E-state index contributed by atoms with van der Waals surface area (Å²) >= 11 is 0. The highest BCUT2D eigenvalue weighted by atomic mass is 32.2. The lowest BCUT2D eigenvalue weighted by molar-refractivity contribution is 0.199. The predicted octanol–water partition coefficient (Wildman–Crippen LogP) is 2.60. The van der Waals surface area contributed by atoms with Crippen molar-refractivity contribution >= 4 is 25.4 Å². The molecule has 0 aromatic heterocycles. The van der Waals surface area contributed by atoms with Crippen LogP contribution in [0.2, 0.25) is 0 Å². The lowest BCUT2D eigenvalue weighted by Crippen LogP contribution is -2.44. The van der Waals surface area contributed by atoms with E-state index >= 15 is 0 Å². The first kappa shape index (κ1) is 23.4. The van der Waals surface area contributed by atoms with E-state index in [1.54, 1.807) is 0 Å². The smallest absolute Gasteiger partial charge is 0.177 e. The van der Waals surface area contributed by atoms with Gasteiger partial charge in [-0.05, 0) is 24.1 Å². The van der Waals surface area contributed by atoms with Crippen LogP contribution < -0.4 is 5.32 Å². The third-order valence-electron chi connectivity index (χ3n) is 4.25. The molecule has 0 spiro atoms. The van der Waals surface area contributed by atoms with Crippen LogP contribution in [0.3, 0.4) is 0 Å². The maximum absolute atomic E-state index is 12.2. The third-order valence-corrected chi connectivity index (χ3v) is 6.50. The number of hydrogen-bond acceptors (Lipinski definition) is 6. The van der Waals surface area contributed by atoms with Crippen molar-refractivity contribution < 1.29 is 16.8 Å². The fourth-order valence-corrected chi connectivity index (χ4v) is 4.47. The number of benzene rings is 1. The van der Waals surface area contributed by atoms with Gasteiger partial charge in [0.2, 0.25) is 0 Å². The van der Waals surface area contributed by atoms with Crippen LogP contribution in [-0.4, -0.2) is 59.9 Å². The first-order valence-corrected chi connectivity index (χ1v) is 12.4. The third kappa shape index (κ3) is 6.79. The predicted molar refractivity (Wildman–Crippen MR) is 112 cm³/mol. The van der Waals surface area contributed by atoms with E-state index in [4.69, 9.17) is 0 Å². The van der Waals surface area contributed by atoms with E-state index in [1.807, 2.05) is 12.2 Å². The molecule has 8 heteroatoms. The number of anilines is 1. The van der Waals surface area contributed by atoms with Gasteiger partial charge in [-0.1, -0.05) is 26.0 Å². The molecule has 0 bridgehead atoms. The van der Waals surface area contributed by atoms with E-state index in [2.05, 4.69) is 37.2 Å². The van der Waals surface area contributed by atoms with Gasteiger partial charge in [-0.25, -0.2) is 16.8 Å². The van der Waals surface area contributed by atoms with Gasteiger partial charge in [-0.2, -0.15) is 0 Å². The molecule has 0 saturated carbocycles. The Bertz CT molecular complexity index is 865. The second kappa shape index (κ2) is 9.52. The Hall–Kier alpha value is -1.64. The summed E-state index contributed by atoms with van der Waals surface area (Å²) in [6.45, 7) is 13.6. The minimum atomic E-state index is -3.60. The number of hydrogen-bond donors (Lipinski definition) is 1. The van der Waals surface area contributed by atoms with Crippen molar-refractivity contribution in [3.05, 3.63) is 43.5 Å². The molecule has 152 valence electrons. The Morgan fingerprint density at radius 1 is 1.04 bits per heavy atom. The summed E-state index contributed by atoms with van der Waals surface area (Å²) < 4.78 is 47.9. The van der Waals surface area contributed by atoms with E-state index in [1.165, 1.54) is 18.2 Å². The SMILES string of the molecule is C=CCN(CC=C)C(CNc1ccc(S(C)(=O)=O)cc1S(C)(=O)=O)C(C)C. The monoisotopic (exact) mass is 414 g/mol. The minimum absolute atomic E-state index is 0.0196. The molecule has 1 N–H and O–H groups in total. The average Bonchev–Trinajstić information content (AvgIpc) is 2.53. The molecule has 1 aromatic rings. The number of nitrogens with one attached hydrogen (secondary N) is 1. The van der Waals surface area contributed by atoms with Gasteiger partial charge in [0.05, 0.1) is 15.5 Å². The normalized spacial score (nSPS) is 13.6. The molecule has 1 unspecified atom stereocenters. The molecule has 1 rings (SSSR count). The van der Waals surface area contributed by atoms with Crippen molar-refractivity contribution in [1.29, 1.82) is 0 Å². The van der Waals surface area contributed by atoms with Crippen molar-refractivity contribution in [2.75, 3.05) is 37.5 Å². The fourth-order valence-electron chi connectivity index (χ4n) is 2.86. The zero-order valence-electron chi connectivity index (χ0n) is 16.5. The summed E-state index contributed by atoms with van der Waals surface area (Å²) in [5.41, 5.74) is 0.396. The fraction of sp³-hybridized carbons (Fsp3) is 0.474. The Morgan fingerprint density at radius 2 is 1.59 bits per heavy atom. The summed E-state index contributed by atoms with van der Waals surface area (Å²) in [6.07, 6.45) is 5.77. The Morgan fingerprint density at radius 3 is 2.00 bits per heavy atom. The second-order valence-corrected chi connectivity index (χ2v) is 10.9. The van der Waals surface area contributed by atoms with Crippen molar-refractivity contribution in [3.63, 3.8) is 0 Å². The van der Waals surface area contributed by atoms with E-state index in [9.17, 15) is 16.8 Å². The molecular formula is C19H30N2O4S2. The summed E-state index contributed by atoms with van der Waals surface area (Å²) in [5, 5.41) is 3.19. The van der Waals surface area contributed by atoms with Crippen molar-refractivity contribution in [2.45, 2.75) is 29.7 Å². The molecule has 0 saturated heterocycles. The Balaban J connectivity index is 3.22. The molecule has 6 nitrogen and oxygen atoms in total. The number of sulfone groups is 2. The molecule has 0 aliphatic rings. The van der Waals surface area contributed by atoms with Gasteiger partial charge in [0.1, 0.15) is 0 Å². The van der Waals surface area contributed by atoms with Crippen LogP contribution in [0.15, 0.2) is 53.3 Å². The molecule has 0 aliphatic carbocycles. The lowest BCUT2D eigenvalue weighted by atomic mass is 10.0. The number of rotatable bonds is 11. The highest BCUT2D eigenvalue weighted by Gasteiger charge is 2.22. The molecule has 0 aliphatic heterocycles. The van der Waals surface area contributed by atoms with Gasteiger partial charge >= 0.3 is 0 Å². The first-order valence-electron chi connectivity index (χ1n) is 8.65. The quantitative estimate of drug-likeness (QED) is 0.561. The largest absolute Gasteiger partial charge is 0.382 e. The van der Waals surface area contributed by atoms with Gasteiger partial charge in [-0.15, -0.1) is 13.2 Å². The summed E-state index contributed by atoms with van der Waals surface area (Å²) in [4.78, 5) is 2.16. The zero-order chi connectivity index (χ0) is 20.8. The van der Waals surface area contributed by atoms with E-state index < -0.39 is 19.7 Å². The van der Waals surface area contributed by atoms with Crippen LogP contribution in [0.1, 0.15) is 13.8 Å². The highest BCUT2D eigenvalue weighted by Crippen LogP contribution is 2.26. The molecule has 1 aromatic carbocycles. The van der Waals surface area contributed by atoms with Gasteiger partial charge in [0.25, 0.3) is 0 Å². The van der Waals surface area contributed by atoms with Crippen LogP contribution in [0.25, 0.3) is 0 Å². The summed E-state index contributed by atoms with van der Waals surface area (Å²) in [7, 11) is -7.10. The molecule has 1 atom stereocenters. The molecule has 0 fully saturated rings. The van der Waals surface area contributed by atoms with E-state index in [0.29, 0.717) is 31.2 Å². The molecule has 0 amide bonds. The van der Waals surface area contributed by atoms with Crippen molar-refractivity contribution in [3.8, 4) is 0 Å². The first-order chi connectivity index (χ1) is 12.4. The standard InChI is InChI=1S/C19H30N2O4S2/c1-7-11-21(12-8-2)18(15(3)4)14-20-17-10-9-16(26(5,22)23)13-19(17)27(6,24)25/h7-10,13,15,18,20H,1-2,11-12,14H2,3-6H3. The average molecular weight is 415 g/mol. The topological polar surface area (TPSA) is 83.6 Å². The van der Waals surface area contributed by atoms with Crippen LogP contribution in [-0.2, 0) is 19.7 Å². The van der Waals surface area contributed by atoms with Crippen LogP contribution >= 0.6 is 0 Å².